The molecule has 0 saturated carbocycles. The molecule has 0 N–H and O–H groups in total. The van der Waals surface area contributed by atoms with Gasteiger partial charge in [0, 0.05) is 28.2 Å². The van der Waals surface area contributed by atoms with Gasteiger partial charge in [-0.2, -0.15) is 0 Å². The van der Waals surface area contributed by atoms with Crippen LogP contribution in [0, 0.1) is 11.8 Å². The van der Waals surface area contributed by atoms with E-state index in [0.717, 1.165) is 17.7 Å². The highest BCUT2D eigenvalue weighted by Crippen LogP contribution is 2.31. The number of amides is 1. The van der Waals surface area contributed by atoms with E-state index < -0.39 is 0 Å². The third-order valence-corrected chi connectivity index (χ3v) is 3.80. The van der Waals surface area contributed by atoms with E-state index in [9.17, 15) is 4.79 Å². The summed E-state index contributed by atoms with van der Waals surface area (Å²) in [6.45, 7) is 2.04. The number of nitrogens with zero attached hydrogens (tertiary/aromatic N) is 1. The molecule has 1 aliphatic rings. The number of para-hydroxylation sites is 1. The van der Waals surface area contributed by atoms with Gasteiger partial charge in [0.1, 0.15) is 0 Å². The first kappa shape index (κ1) is 13.7. The Balaban J connectivity index is 1.87. The number of anilines is 1. The van der Waals surface area contributed by atoms with Crippen LogP contribution in [0.15, 0.2) is 48.5 Å². The van der Waals surface area contributed by atoms with Crippen LogP contribution in [-0.4, -0.2) is 11.9 Å². The van der Waals surface area contributed by atoms with Crippen LogP contribution in [-0.2, 0) is 11.2 Å². The summed E-state index contributed by atoms with van der Waals surface area (Å²) in [7, 11) is 0. The van der Waals surface area contributed by atoms with E-state index in [-0.39, 0.29) is 11.9 Å². The average molecular weight is 296 g/mol. The van der Waals surface area contributed by atoms with E-state index in [4.69, 9.17) is 11.6 Å². The van der Waals surface area contributed by atoms with Gasteiger partial charge in [0.05, 0.1) is 0 Å². The molecule has 21 heavy (non-hydrogen) atoms. The molecule has 1 unspecified atom stereocenters. The van der Waals surface area contributed by atoms with E-state index in [2.05, 4.69) is 17.9 Å². The average Bonchev–Trinajstić information content (AvgIpc) is 2.81. The second-order valence-corrected chi connectivity index (χ2v) is 5.55. The van der Waals surface area contributed by atoms with Crippen LogP contribution in [0.5, 0.6) is 0 Å². The molecule has 0 fully saturated rings. The lowest BCUT2D eigenvalue weighted by Gasteiger charge is -2.19. The molecule has 1 amide bonds. The molecule has 1 aliphatic heterocycles. The third-order valence-electron chi connectivity index (χ3n) is 3.56. The van der Waals surface area contributed by atoms with E-state index >= 15 is 0 Å². The van der Waals surface area contributed by atoms with E-state index in [1.54, 1.807) is 17.0 Å². The lowest BCUT2D eigenvalue weighted by molar-refractivity contribution is -0.113. The van der Waals surface area contributed by atoms with E-state index in [1.165, 1.54) is 5.56 Å². The highest BCUT2D eigenvalue weighted by atomic mass is 35.5. The molecule has 1 atom stereocenters. The molecule has 3 heteroatoms. The molecular weight excluding hydrogens is 282 g/mol. The Morgan fingerprint density at radius 2 is 2.05 bits per heavy atom. The van der Waals surface area contributed by atoms with Crippen LogP contribution < -0.4 is 4.90 Å². The van der Waals surface area contributed by atoms with Crippen molar-refractivity contribution in [3.8, 4) is 11.8 Å². The van der Waals surface area contributed by atoms with Crippen molar-refractivity contribution in [3.63, 3.8) is 0 Å². The summed E-state index contributed by atoms with van der Waals surface area (Å²) in [5, 5.41) is 0.620. The van der Waals surface area contributed by atoms with E-state index in [0.29, 0.717) is 5.02 Å². The van der Waals surface area contributed by atoms with Crippen molar-refractivity contribution < 1.29 is 4.79 Å². The first-order valence-corrected chi connectivity index (χ1v) is 7.21. The summed E-state index contributed by atoms with van der Waals surface area (Å²) < 4.78 is 0. The second-order valence-electron chi connectivity index (χ2n) is 5.12. The zero-order valence-electron chi connectivity index (χ0n) is 11.6. The number of benzene rings is 2. The maximum Gasteiger partial charge on any atom is 0.303 e. The molecule has 0 radical (unpaired) electrons. The lowest BCUT2D eigenvalue weighted by atomic mass is 10.1. The number of halogens is 1. The quantitative estimate of drug-likeness (QED) is 0.679. The number of hydrogen-bond acceptors (Lipinski definition) is 1. The molecule has 104 valence electrons. The number of carbonyl (C=O) groups excluding carboxylic acids is 1. The summed E-state index contributed by atoms with van der Waals surface area (Å²) >= 11 is 5.91. The Morgan fingerprint density at radius 3 is 2.86 bits per heavy atom. The Bertz CT molecular complexity index is 757. The van der Waals surface area contributed by atoms with E-state index in [1.807, 2.05) is 37.3 Å². The normalized spacial score (nSPS) is 16.1. The van der Waals surface area contributed by atoms with Gasteiger partial charge in [-0.3, -0.25) is 9.69 Å². The van der Waals surface area contributed by atoms with Gasteiger partial charge in [0.25, 0.3) is 0 Å². The van der Waals surface area contributed by atoms with Gasteiger partial charge in [0.2, 0.25) is 0 Å². The highest BCUT2D eigenvalue weighted by Gasteiger charge is 2.29. The van der Waals surface area contributed by atoms with Gasteiger partial charge in [-0.25, -0.2) is 0 Å². The molecule has 0 bridgehead atoms. The summed E-state index contributed by atoms with van der Waals surface area (Å²) in [4.78, 5) is 14.2. The smallest absolute Gasteiger partial charge is 0.298 e. The highest BCUT2D eigenvalue weighted by molar-refractivity contribution is 6.30. The molecule has 2 aromatic carbocycles. The minimum Gasteiger partial charge on any atom is -0.298 e. The van der Waals surface area contributed by atoms with Crippen molar-refractivity contribution in [2.75, 3.05) is 4.90 Å². The van der Waals surface area contributed by atoms with Gasteiger partial charge >= 0.3 is 5.91 Å². The Kier molecular flexibility index (Phi) is 3.68. The summed E-state index contributed by atoms with van der Waals surface area (Å²) in [6, 6.07) is 15.3. The molecule has 0 aliphatic carbocycles. The Hall–Kier alpha value is -2.24. The van der Waals surface area contributed by atoms with Crippen molar-refractivity contribution >= 4 is 23.2 Å². The van der Waals surface area contributed by atoms with Crippen LogP contribution >= 0.6 is 11.6 Å². The maximum absolute atomic E-state index is 12.4. The molecule has 2 nitrogen and oxygen atoms in total. The molecule has 2 aromatic rings. The van der Waals surface area contributed by atoms with Crippen LogP contribution in [0.1, 0.15) is 18.1 Å². The van der Waals surface area contributed by atoms with Crippen molar-refractivity contribution in [2.24, 2.45) is 0 Å². The minimum absolute atomic E-state index is 0.142. The summed E-state index contributed by atoms with van der Waals surface area (Å²) in [5.74, 6) is 5.43. The zero-order chi connectivity index (χ0) is 14.8. The first-order valence-electron chi connectivity index (χ1n) is 6.84. The fraction of sp³-hybridized carbons (Fsp3) is 0.167. The SMILES string of the molecule is CC1Cc2ccccc2N1C(=O)C#Cc1cccc(Cl)c1. The van der Waals surface area contributed by atoms with Crippen LogP contribution in [0.25, 0.3) is 0 Å². The lowest BCUT2D eigenvalue weighted by Crippen LogP contribution is -2.34. The predicted octanol–water partition coefficient (Wildman–Crippen LogP) is 3.67. The monoisotopic (exact) mass is 295 g/mol. The topological polar surface area (TPSA) is 20.3 Å². The van der Waals surface area contributed by atoms with Gasteiger partial charge in [0.15, 0.2) is 0 Å². The molecule has 0 saturated heterocycles. The molecule has 3 rings (SSSR count). The zero-order valence-corrected chi connectivity index (χ0v) is 12.4. The largest absolute Gasteiger partial charge is 0.303 e. The van der Waals surface area contributed by atoms with Crippen molar-refractivity contribution in [1.82, 2.24) is 0 Å². The summed E-state index contributed by atoms with van der Waals surface area (Å²) in [5.41, 5.74) is 2.91. The number of hydrogen-bond donors (Lipinski definition) is 0. The first-order chi connectivity index (χ1) is 10.1. The molecular formula is C18H14ClNO. The van der Waals surface area contributed by atoms with Crippen molar-refractivity contribution in [1.29, 1.82) is 0 Å². The van der Waals surface area contributed by atoms with Gasteiger partial charge in [-0.15, -0.1) is 0 Å². The van der Waals surface area contributed by atoms with Gasteiger partial charge in [-0.05, 0) is 43.2 Å². The number of fused-ring (bicyclic) bond motifs is 1. The molecule has 1 heterocycles. The van der Waals surface area contributed by atoms with Gasteiger partial charge < -0.3 is 0 Å². The fourth-order valence-corrected chi connectivity index (χ4v) is 2.82. The van der Waals surface area contributed by atoms with Crippen molar-refractivity contribution in [2.45, 2.75) is 19.4 Å². The van der Waals surface area contributed by atoms with Crippen LogP contribution in [0.2, 0.25) is 5.02 Å². The fourth-order valence-electron chi connectivity index (χ4n) is 2.63. The second kappa shape index (κ2) is 5.63. The van der Waals surface area contributed by atoms with Gasteiger partial charge in [-0.1, -0.05) is 41.8 Å². The number of rotatable bonds is 0. The molecule has 0 aromatic heterocycles. The van der Waals surface area contributed by atoms with Crippen LogP contribution in [0.4, 0.5) is 5.69 Å². The Labute approximate surface area is 129 Å². The maximum atomic E-state index is 12.4. The van der Waals surface area contributed by atoms with Crippen LogP contribution in [0.3, 0.4) is 0 Å². The predicted molar refractivity (Wildman–Crippen MR) is 85.4 cm³/mol. The summed E-state index contributed by atoms with van der Waals surface area (Å²) in [6.07, 6.45) is 0.876. The minimum atomic E-state index is -0.174. The third kappa shape index (κ3) is 2.79. The molecule has 0 spiro atoms. The Morgan fingerprint density at radius 1 is 1.24 bits per heavy atom. The van der Waals surface area contributed by atoms with Crippen molar-refractivity contribution in [3.05, 3.63) is 64.7 Å². The number of carbonyl (C=O) groups is 1. The standard InChI is InChI=1S/C18H14ClNO/c1-13-11-15-6-2-3-8-17(15)20(13)18(21)10-9-14-5-4-7-16(19)12-14/h2-8,12-13H,11H2,1H3.